The van der Waals surface area contributed by atoms with Gasteiger partial charge in [-0.1, -0.05) is 19.1 Å². The molecular weight excluding hydrogens is 395 g/mol. The van der Waals surface area contributed by atoms with Gasteiger partial charge in [0.15, 0.2) is 0 Å². The Bertz CT molecular complexity index is 1320. The second-order valence-electron chi connectivity index (χ2n) is 7.52. The number of amides is 1. The standard InChI is InChI=1S/C24H23FN4O2/c1-4-17-5-11-20(12-6-17)29-24-23(16(3)27-29)15(2)13-22(31)28(24)14-21(30)26-19-9-7-18(25)8-10-19/h5-13H,4,14H2,1-3H3,(H,26,30). The van der Waals surface area contributed by atoms with E-state index in [1.807, 2.05) is 38.1 Å². The van der Waals surface area contributed by atoms with Crippen LogP contribution in [0.2, 0.25) is 0 Å². The van der Waals surface area contributed by atoms with Gasteiger partial charge in [0, 0.05) is 17.1 Å². The molecule has 0 aliphatic rings. The SMILES string of the molecule is CCc1ccc(-n2nc(C)c3c(C)cc(=O)n(CC(=O)Nc4ccc(F)cc4)c32)cc1. The number of aromatic nitrogens is 3. The van der Waals surface area contributed by atoms with Gasteiger partial charge in [-0.3, -0.25) is 14.2 Å². The molecule has 2 heterocycles. The minimum Gasteiger partial charge on any atom is -0.325 e. The Morgan fingerprint density at radius 2 is 1.74 bits per heavy atom. The molecule has 0 aliphatic carbocycles. The number of nitrogens with zero attached hydrogens (tertiary/aromatic N) is 3. The Morgan fingerprint density at radius 1 is 1.06 bits per heavy atom. The first kappa shape index (κ1) is 20.5. The Balaban J connectivity index is 1.79. The van der Waals surface area contributed by atoms with E-state index >= 15 is 0 Å². The number of benzene rings is 2. The zero-order valence-corrected chi connectivity index (χ0v) is 17.6. The molecule has 0 atom stereocenters. The molecule has 0 bridgehead atoms. The van der Waals surface area contributed by atoms with Gasteiger partial charge in [0.25, 0.3) is 5.56 Å². The molecule has 6 nitrogen and oxygen atoms in total. The number of nitrogens with one attached hydrogen (secondary N) is 1. The van der Waals surface area contributed by atoms with Crippen molar-refractivity contribution in [3.8, 4) is 5.69 Å². The lowest BCUT2D eigenvalue weighted by molar-refractivity contribution is -0.116. The molecule has 0 fully saturated rings. The van der Waals surface area contributed by atoms with Gasteiger partial charge in [0.05, 0.1) is 11.4 Å². The second-order valence-corrected chi connectivity index (χ2v) is 7.52. The highest BCUT2D eigenvalue weighted by Crippen LogP contribution is 2.24. The number of halogens is 1. The maximum absolute atomic E-state index is 13.1. The summed E-state index contributed by atoms with van der Waals surface area (Å²) in [7, 11) is 0. The highest BCUT2D eigenvalue weighted by Gasteiger charge is 2.18. The molecule has 4 aromatic rings. The van der Waals surface area contributed by atoms with Crippen LogP contribution in [0, 0.1) is 19.7 Å². The average molecular weight is 418 g/mol. The number of rotatable bonds is 5. The fourth-order valence-electron chi connectivity index (χ4n) is 3.75. The van der Waals surface area contributed by atoms with Gasteiger partial charge in [-0.05, 0) is 67.8 Å². The van der Waals surface area contributed by atoms with E-state index in [1.54, 1.807) is 4.68 Å². The highest BCUT2D eigenvalue weighted by molar-refractivity contribution is 5.92. The van der Waals surface area contributed by atoms with E-state index in [2.05, 4.69) is 17.3 Å². The molecule has 1 amide bonds. The third-order valence-corrected chi connectivity index (χ3v) is 5.31. The number of carbonyl (C=O) groups excluding carboxylic acids is 1. The van der Waals surface area contributed by atoms with Gasteiger partial charge in [-0.25, -0.2) is 9.07 Å². The molecule has 0 unspecified atom stereocenters. The zero-order chi connectivity index (χ0) is 22.1. The van der Waals surface area contributed by atoms with Gasteiger partial charge >= 0.3 is 0 Å². The Hall–Kier alpha value is -3.74. The van der Waals surface area contributed by atoms with Gasteiger partial charge in [0.1, 0.15) is 18.0 Å². The van der Waals surface area contributed by atoms with Crippen LogP contribution in [0.1, 0.15) is 23.7 Å². The van der Waals surface area contributed by atoms with E-state index in [4.69, 9.17) is 0 Å². The number of anilines is 1. The van der Waals surface area contributed by atoms with Gasteiger partial charge in [-0.15, -0.1) is 0 Å². The third-order valence-electron chi connectivity index (χ3n) is 5.31. The molecule has 31 heavy (non-hydrogen) atoms. The molecule has 4 rings (SSSR count). The Kier molecular flexibility index (Phi) is 5.42. The molecule has 0 saturated carbocycles. The van der Waals surface area contributed by atoms with Crippen LogP contribution in [0.25, 0.3) is 16.7 Å². The number of pyridine rings is 1. The van der Waals surface area contributed by atoms with Crippen molar-refractivity contribution in [1.82, 2.24) is 14.3 Å². The molecule has 2 aromatic heterocycles. The topological polar surface area (TPSA) is 68.9 Å². The fraction of sp³-hybridized carbons (Fsp3) is 0.208. The first-order chi connectivity index (χ1) is 14.9. The van der Waals surface area contributed by atoms with Crippen LogP contribution in [0.5, 0.6) is 0 Å². The van der Waals surface area contributed by atoms with E-state index in [1.165, 1.54) is 40.5 Å². The molecule has 0 aliphatic heterocycles. The number of aryl methyl sites for hydroxylation is 3. The normalized spacial score (nSPS) is 11.1. The van der Waals surface area contributed by atoms with E-state index in [0.717, 1.165) is 28.8 Å². The summed E-state index contributed by atoms with van der Waals surface area (Å²) in [5.41, 5.74) is 4.34. The molecule has 0 saturated heterocycles. The van der Waals surface area contributed by atoms with Crippen molar-refractivity contribution in [3.05, 3.63) is 87.6 Å². The minimum atomic E-state index is -0.386. The average Bonchev–Trinajstić information content (AvgIpc) is 3.10. The van der Waals surface area contributed by atoms with Crippen molar-refractivity contribution < 1.29 is 9.18 Å². The lowest BCUT2D eigenvalue weighted by Gasteiger charge is -2.13. The Labute approximate surface area is 178 Å². The molecule has 0 spiro atoms. The summed E-state index contributed by atoms with van der Waals surface area (Å²) in [4.78, 5) is 25.6. The van der Waals surface area contributed by atoms with E-state index in [-0.39, 0.29) is 23.8 Å². The van der Waals surface area contributed by atoms with Gasteiger partial charge in [0.2, 0.25) is 5.91 Å². The monoisotopic (exact) mass is 418 g/mol. The maximum atomic E-state index is 13.1. The molecule has 0 radical (unpaired) electrons. The summed E-state index contributed by atoms with van der Waals surface area (Å²) in [5, 5.41) is 8.21. The fourth-order valence-corrected chi connectivity index (χ4v) is 3.75. The van der Waals surface area contributed by atoms with Crippen LogP contribution in [-0.2, 0) is 17.8 Å². The van der Waals surface area contributed by atoms with Crippen LogP contribution in [0.4, 0.5) is 10.1 Å². The highest BCUT2D eigenvalue weighted by atomic mass is 19.1. The van der Waals surface area contributed by atoms with Crippen molar-refractivity contribution in [1.29, 1.82) is 0 Å². The van der Waals surface area contributed by atoms with E-state index in [0.29, 0.717) is 11.3 Å². The lowest BCUT2D eigenvalue weighted by Crippen LogP contribution is -2.29. The molecule has 158 valence electrons. The molecule has 1 N–H and O–H groups in total. The molecule has 2 aromatic carbocycles. The summed E-state index contributed by atoms with van der Waals surface area (Å²) >= 11 is 0. The van der Waals surface area contributed by atoms with Crippen LogP contribution in [0.15, 0.2) is 59.4 Å². The largest absolute Gasteiger partial charge is 0.325 e. The first-order valence-corrected chi connectivity index (χ1v) is 10.1. The van der Waals surface area contributed by atoms with Crippen LogP contribution < -0.4 is 10.9 Å². The predicted molar refractivity (Wildman–Crippen MR) is 119 cm³/mol. The van der Waals surface area contributed by atoms with Crippen LogP contribution >= 0.6 is 0 Å². The van der Waals surface area contributed by atoms with E-state index in [9.17, 15) is 14.0 Å². The summed E-state index contributed by atoms with van der Waals surface area (Å²) in [6, 6.07) is 15.0. The Morgan fingerprint density at radius 3 is 2.39 bits per heavy atom. The summed E-state index contributed by atoms with van der Waals surface area (Å²) in [6.07, 6.45) is 0.923. The molecular formula is C24H23FN4O2. The number of fused-ring (bicyclic) bond motifs is 1. The second kappa shape index (κ2) is 8.18. The smallest absolute Gasteiger partial charge is 0.252 e. The summed E-state index contributed by atoms with van der Waals surface area (Å²) in [5.74, 6) is -0.770. The van der Waals surface area contributed by atoms with Crippen LogP contribution in [0.3, 0.4) is 0 Å². The van der Waals surface area contributed by atoms with Gasteiger partial charge < -0.3 is 5.32 Å². The van der Waals surface area contributed by atoms with Crippen molar-refractivity contribution in [3.63, 3.8) is 0 Å². The van der Waals surface area contributed by atoms with Gasteiger partial charge in [-0.2, -0.15) is 5.10 Å². The first-order valence-electron chi connectivity index (χ1n) is 10.1. The third kappa shape index (κ3) is 3.99. The van der Waals surface area contributed by atoms with Crippen molar-refractivity contribution in [2.24, 2.45) is 0 Å². The maximum Gasteiger partial charge on any atom is 0.252 e. The number of carbonyl (C=O) groups is 1. The lowest BCUT2D eigenvalue weighted by atomic mass is 10.1. The molecule has 7 heteroatoms. The quantitative estimate of drug-likeness (QED) is 0.530. The summed E-state index contributed by atoms with van der Waals surface area (Å²) in [6.45, 7) is 5.65. The van der Waals surface area contributed by atoms with Crippen LogP contribution in [-0.4, -0.2) is 20.3 Å². The van der Waals surface area contributed by atoms with E-state index < -0.39 is 0 Å². The van der Waals surface area contributed by atoms with Crippen molar-refractivity contribution in [2.75, 3.05) is 5.32 Å². The minimum absolute atomic E-state index is 0.189. The number of hydrogen-bond donors (Lipinski definition) is 1. The van der Waals surface area contributed by atoms with Crippen molar-refractivity contribution in [2.45, 2.75) is 33.7 Å². The zero-order valence-electron chi connectivity index (χ0n) is 17.6. The van der Waals surface area contributed by atoms with Crippen molar-refractivity contribution >= 4 is 22.6 Å². The number of hydrogen-bond acceptors (Lipinski definition) is 3. The summed E-state index contributed by atoms with van der Waals surface area (Å²) < 4.78 is 16.3. The predicted octanol–water partition coefficient (Wildman–Crippen LogP) is 4.14.